The summed E-state index contributed by atoms with van der Waals surface area (Å²) in [6.45, 7) is 2.24. The number of ether oxygens (including phenoxy) is 1. The molecule has 0 radical (unpaired) electrons. The molecule has 1 aliphatic rings. The van der Waals surface area contributed by atoms with Crippen molar-refractivity contribution >= 4 is 86.7 Å². The number of rotatable bonds is 6. The molecular formula is C20H15Cl3N2O3S2. The summed E-state index contributed by atoms with van der Waals surface area (Å²) in [6.07, 6.45) is 1.72. The Bertz CT molecular complexity index is 1040. The standard InChI is InChI=1S/C20H15Cl3N2O3S2/c1-2-28-12-5-3-11(4-6-12)7-17-19(27)25(20(29)30-17)10-18(26)24-16-9-14(22)13(21)8-15(16)23/h3-9H,2,10H2,1H3,(H,24,26). The number of hydrogen-bond acceptors (Lipinski definition) is 5. The fourth-order valence-electron chi connectivity index (χ4n) is 2.57. The number of nitrogens with one attached hydrogen (secondary N) is 1. The lowest BCUT2D eigenvalue weighted by atomic mass is 10.2. The van der Waals surface area contributed by atoms with Gasteiger partial charge >= 0.3 is 0 Å². The van der Waals surface area contributed by atoms with Crippen LogP contribution in [0.4, 0.5) is 5.69 Å². The predicted molar refractivity (Wildman–Crippen MR) is 128 cm³/mol. The first-order valence-electron chi connectivity index (χ1n) is 8.71. The van der Waals surface area contributed by atoms with Crippen molar-refractivity contribution < 1.29 is 14.3 Å². The van der Waals surface area contributed by atoms with Gasteiger partial charge in [-0.1, -0.05) is 70.9 Å². The first-order chi connectivity index (χ1) is 14.3. The van der Waals surface area contributed by atoms with Crippen molar-refractivity contribution in [3.05, 3.63) is 61.9 Å². The maximum absolute atomic E-state index is 12.7. The van der Waals surface area contributed by atoms with Crippen LogP contribution in [0.3, 0.4) is 0 Å². The molecule has 3 rings (SSSR count). The molecule has 1 heterocycles. The third-order valence-corrected chi connectivity index (χ3v) is 6.36. The van der Waals surface area contributed by atoms with Crippen LogP contribution in [-0.4, -0.2) is 34.2 Å². The number of amides is 2. The lowest BCUT2D eigenvalue weighted by molar-refractivity contribution is -0.126. The summed E-state index contributed by atoms with van der Waals surface area (Å²) in [5.74, 6) is -0.0528. The van der Waals surface area contributed by atoms with Gasteiger partial charge in [-0.15, -0.1) is 0 Å². The number of benzene rings is 2. The van der Waals surface area contributed by atoms with Crippen molar-refractivity contribution in [1.29, 1.82) is 0 Å². The van der Waals surface area contributed by atoms with E-state index in [4.69, 9.17) is 51.8 Å². The van der Waals surface area contributed by atoms with Crippen LogP contribution in [-0.2, 0) is 9.59 Å². The Balaban J connectivity index is 1.68. The van der Waals surface area contributed by atoms with Gasteiger partial charge in [-0.05, 0) is 42.8 Å². The second kappa shape index (κ2) is 10.0. The van der Waals surface area contributed by atoms with E-state index in [1.807, 2.05) is 31.2 Å². The molecule has 0 saturated carbocycles. The van der Waals surface area contributed by atoms with E-state index in [2.05, 4.69) is 5.32 Å². The summed E-state index contributed by atoms with van der Waals surface area (Å²) in [6, 6.07) is 10.2. The molecule has 5 nitrogen and oxygen atoms in total. The summed E-state index contributed by atoms with van der Waals surface area (Å²) < 4.78 is 5.71. The molecule has 0 spiro atoms. The first kappa shape index (κ1) is 22.9. The molecule has 0 bridgehead atoms. The minimum Gasteiger partial charge on any atom is -0.494 e. The number of carbonyl (C=O) groups is 2. The third kappa shape index (κ3) is 5.47. The van der Waals surface area contributed by atoms with Gasteiger partial charge in [0.25, 0.3) is 5.91 Å². The summed E-state index contributed by atoms with van der Waals surface area (Å²) in [5, 5.41) is 3.38. The lowest BCUT2D eigenvalue weighted by Crippen LogP contribution is -2.36. The van der Waals surface area contributed by atoms with Crippen LogP contribution in [0.1, 0.15) is 12.5 Å². The monoisotopic (exact) mass is 500 g/mol. The van der Waals surface area contributed by atoms with Crippen LogP contribution in [0, 0.1) is 0 Å². The van der Waals surface area contributed by atoms with Gasteiger partial charge in [-0.2, -0.15) is 0 Å². The Morgan fingerprint density at radius 1 is 1.17 bits per heavy atom. The number of nitrogens with zero attached hydrogens (tertiary/aromatic N) is 1. The van der Waals surface area contributed by atoms with E-state index in [9.17, 15) is 9.59 Å². The minimum absolute atomic E-state index is 0.235. The van der Waals surface area contributed by atoms with E-state index in [0.717, 1.165) is 23.1 Å². The topological polar surface area (TPSA) is 58.6 Å². The molecule has 1 aliphatic heterocycles. The van der Waals surface area contributed by atoms with Crippen LogP contribution in [0.15, 0.2) is 41.3 Å². The molecule has 30 heavy (non-hydrogen) atoms. The molecule has 2 amide bonds. The average Bonchev–Trinajstić information content (AvgIpc) is 2.95. The fraction of sp³-hybridized carbons (Fsp3) is 0.150. The maximum Gasteiger partial charge on any atom is 0.266 e. The van der Waals surface area contributed by atoms with Gasteiger partial charge < -0.3 is 10.1 Å². The quantitative estimate of drug-likeness (QED) is 0.304. The smallest absolute Gasteiger partial charge is 0.266 e. The summed E-state index contributed by atoms with van der Waals surface area (Å²) in [7, 11) is 0. The molecule has 0 unspecified atom stereocenters. The van der Waals surface area contributed by atoms with E-state index >= 15 is 0 Å². The average molecular weight is 502 g/mol. The molecule has 2 aromatic carbocycles. The van der Waals surface area contributed by atoms with E-state index in [1.165, 1.54) is 17.0 Å². The van der Waals surface area contributed by atoms with Crippen LogP contribution in [0.5, 0.6) is 5.75 Å². The molecule has 0 aliphatic carbocycles. The largest absolute Gasteiger partial charge is 0.494 e. The lowest BCUT2D eigenvalue weighted by Gasteiger charge is -2.15. The molecule has 0 atom stereocenters. The Morgan fingerprint density at radius 2 is 1.83 bits per heavy atom. The highest BCUT2D eigenvalue weighted by Gasteiger charge is 2.33. The Kier molecular flexibility index (Phi) is 7.65. The second-order valence-electron chi connectivity index (χ2n) is 6.06. The summed E-state index contributed by atoms with van der Waals surface area (Å²) in [4.78, 5) is 26.8. The van der Waals surface area contributed by atoms with Crippen LogP contribution in [0.25, 0.3) is 6.08 Å². The van der Waals surface area contributed by atoms with Crippen molar-refractivity contribution in [3.63, 3.8) is 0 Å². The van der Waals surface area contributed by atoms with Crippen molar-refractivity contribution in [2.45, 2.75) is 6.92 Å². The van der Waals surface area contributed by atoms with Crippen molar-refractivity contribution in [1.82, 2.24) is 4.90 Å². The Morgan fingerprint density at radius 3 is 2.50 bits per heavy atom. The zero-order valence-corrected chi connectivity index (χ0v) is 19.5. The predicted octanol–water partition coefficient (Wildman–Crippen LogP) is 5.89. The molecule has 1 fully saturated rings. The highest BCUT2D eigenvalue weighted by Crippen LogP contribution is 2.34. The molecule has 156 valence electrons. The van der Waals surface area contributed by atoms with Crippen LogP contribution >= 0.6 is 58.8 Å². The highest BCUT2D eigenvalue weighted by atomic mass is 35.5. The zero-order valence-electron chi connectivity index (χ0n) is 15.6. The second-order valence-corrected chi connectivity index (χ2v) is 8.96. The number of thioether (sulfide) groups is 1. The molecule has 2 aromatic rings. The Labute approximate surface area is 198 Å². The maximum atomic E-state index is 12.7. The van der Waals surface area contributed by atoms with Crippen molar-refractivity contribution in [2.75, 3.05) is 18.5 Å². The number of hydrogen-bond donors (Lipinski definition) is 1. The first-order valence-corrected chi connectivity index (χ1v) is 11.1. The number of thiocarbonyl (C=S) groups is 1. The summed E-state index contributed by atoms with van der Waals surface area (Å²) >= 11 is 24.3. The fourth-order valence-corrected chi connectivity index (χ4v) is 4.42. The van der Waals surface area contributed by atoms with Crippen molar-refractivity contribution in [3.8, 4) is 5.75 Å². The third-order valence-electron chi connectivity index (χ3n) is 3.95. The molecule has 0 aromatic heterocycles. The van der Waals surface area contributed by atoms with E-state index in [1.54, 1.807) is 6.08 Å². The minimum atomic E-state index is -0.464. The van der Waals surface area contributed by atoms with Gasteiger partial charge in [0.15, 0.2) is 0 Å². The van der Waals surface area contributed by atoms with Gasteiger partial charge in [-0.3, -0.25) is 14.5 Å². The van der Waals surface area contributed by atoms with Crippen LogP contribution < -0.4 is 10.1 Å². The normalized spacial score (nSPS) is 15.1. The van der Waals surface area contributed by atoms with E-state index < -0.39 is 5.91 Å². The van der Waals surface area contributed by atoms with E-state index in [0.29, 0.717) is 21.5 Å². The Hall–Kier alpha value is -1.77. The summed E-state index contributed by atoms with van der Waals surface area (Å²) in [5.41, 5.74) is 1.12. The molecule has 1 saturated heterocycles. The van der Waals surface area contributed by atoms with Gasteiger partial charge in [-0.25, -0.2) is 0 Å². The van der Waals surface area contributed by atoms with Crippen molar-refractivity contribution in [2.24, 2.45) is 0 Å². The van der Waals surface area contributed by atoms with Gasteiger partial charge in [0.2, 0.25) is 5.91 Å². The number of carbonyl (C=O) groups excluding carboxylic acids is 2. The molecule has 1 N–H and O–H groups in total. The van der Waals surface area contributed by atoms with Crippen LogP contribution in [0.2, 0.25) is 15.1 Å². The number of halogens is 3. The highest BCUT2D eigenvalue weighted by molar-refractivity contribution is 8.26. The van der Waals surface area contributed by atoms with Gasteiger partial charge in [0, 0.05) is 0 Å². The van der Waals surface area contributed by atoms with Gasteiger partial charge in [0.1, 0.15) is 16.6 Å². The SMILES string of the molecule is CCOc1ccc(C=C2SC(=S)N(CC(=O)Nc3cc(Cl)c(Cl)cc3Cl)C2=O)cc1. The van der Waals surface area contributed by atoms with Gasteiger partial charge in [0.05, 0.1) is 32.3 Å². The number of anilines is 1. The molecular weight excluding hydrogens is 487 g/mol. The van der Waals surface area contributed by atoms with E-state index in [-0.39, 0.29) is 27.5 Å². The zero-order chi connectivity index (χ0) is 21.8. The molecule has 10 heteroatoms.